The van der Waals surface area contributed by atoms with Gasteiger partial charge >= 0.3 is 6.09 Å². The molecule has 0 N–H and O–H groups in total. The highest BCUT2D eigenvalue weighted by Crippen LogP contribution is 2.21. The van der Waals surface area contributed by atoms with E-state index in [2.05, 4.69) is 9.97 Å². The molecule has 21 heavy (non-hydrogen) atoms. The second-order valence-electron chi connectivity index (χ2n) is 5.82. The summed E-state index contributed by atoms with van der Waals surface area (Å²) in [7, 11) is -1.36. The first-order valence-electron chi connectivity index (χ1n) is 6.62. The summed E-state index contributed by atoms with van der Waals surface area (Å²) in [5.74, 6) is 0. The smallest absolute Gasteiger partial charge is 0.410 e. The van der Waals surface area contributed by atoms with E-state index in [1.54, 1.807) is 4.90 Å². The predicted molar refractivity (Wildman–Crippen MR) is 79.7 cm³/mol. The molecule has 6 nitrogen and oxygen atoms in total. The molecule has 0 bridgehead atoms. The molecule has 1 aliphatic rings. The molecule has 1 fully saturated rings. The first-order chi connectivity index (χ1) is 9.76. The molecule has 1 amide bonds. The minimum atomic E-state index is -1.36. The maximum Gasteiger partial charge on any atom is 0.410 e. The first kappa shape index (κ1) is 16.2. The van der Waals surface area contributed by atoms with E-state index in [1.165, 1.54) is 12.4 Å². The van der Waals surface area contributed by atoms with E-state index in [4.69, 9.17) is 16.3 Å². The number of likely N-dealkylation sites (tertiary alicyclic amines) is 1. The highest BCUT2D eigenvalue weighted by Gasteiger charge is 2.34. The van der Waals surface area contributed by atoms with Gasteiger partial charge in [0.15, 0.2) is 0 Å². The molecule has 1 aromatic heterocycles. The zero-order valence-electron chi connectivity index (χ0n) is 12.2. The minimum absolute atomic E-state index is 0.182. The molecule has 2 rings (SSSR count). The van der Waals surface area contributed by atoms with Crippen LogP contribution in [0, 0.1) is 0 Å². The zero-order chi connectivity index (χ0) is 15.6. The standard InChI is InChI=1S/C13H18ClN3O3S/c1-13(2,3)20-12(18)17-5-4-10(8-17)21(19)11-15-6-9(14)7-16-11/h6-7,10H,4-5,8H2,1-3H3/t10-,21?/m1/s1. The van der Waals surface area contributed by atoms with E-state index in [0.29, 0.717) is 24.5 Å². The van der Waals surface area contributed by atoms with Crippen LogP contribution >= 0.6 is 11.6 Å². The van der Waals surface area contributed by atoms with Crippen molar-refractivity contribution in [3.8, 4) is 0 Å². The molecule has 0 radical (unpaired) electrons. The quantitative estimate of drug-likeness (QED) is 0.777. The number of ether oxygens (including phenoxy) is 1. The molecule has 0 aromatic carbocycles. The Balaban J connectivity index is 1.97. The summed E-state index contributed by atoms with van der Waals surface area (Å²) in [6.45, 7) is 6.36. The molecule has 8 heteroatoms. The Bertz CT molecular complexity index is 545. The predicted octanol–water partition coefficient (Wildman–Crippen LogP) is 2.25. The van der Waals surface area contributed by atoms with Crippen molar-refractivity contribution in [3.05, 3.63) is 17.4 Å². The molecule has 2 atom stereocenters. The third-order valence-corrected chi connectivity index (χ3v) is 4.63. The van der Waals surface area contributed by atoms with E-state index >= 15 is 0 Å². The molecule has 1 saturated heterocycles. The van der Waals surface area contributed by atoms with Gasteiger partial charge in [0.1, 0.15) is 5.60 Å². The number of halogens is 1. The fraction of sp³-hybridized carbons (Fsp3) is 0.615. The summed E-state index contributed by atoms with van der Waals surface area (Å²) in [5.41, 5.74) is -0.534. The second kappa shape index (κ2) is 6.27. The monoisotopic (exact) mass is 331 g/mol. The lowest BCUT2D eigenvalue weighted by atomic mass is 10.2. The van der Waals surface area contributed by atoms with Gasteiger partial charge in [0.25, 0.3) is 0 Å². The number of nitrogens with zero attached hydrogens (tertiary/aromatic N) is 3. The van der Waals surface area contributed by atoms with E-state index < -0.39 is 16.4 Å². The van der Waals surface area contributed by atoms with Crippen molar-refractivity contribution in [1.29, 1.82) is 0 Å². The van der Waals surface area contributed by atoms with Crippen molar-refractivity contribution >= 4 is 28.5 Å². The third-order valence-electron chi connectivity index (χ3n) is 2.88. The molecule has 0 spiro atoms. The summed E-state index contributed by atoms with van der Waals surface area (Å²) in [4.78, 5) is 21.5. The molecule has 1 aromatic rings. The van der Waals surface area contributed by atoms with Crippen molar-refractivity contribution in [2.24, 2.45) is 0 Å². The van der Waals surface area contributed by atoms with Crippen molar-refractivity contribution in [2.45, 2.75) is 43.2 Å². The van der Waals surface area contributed by atoms with Gasteiger partial charge in [0.05, 0.1) is 33.5 Å². The van der Waals surface area contributed by atoms with Crippen LogP contribution in [-0.4, -0.2) is 49.1 Å². The van der Waals surface area contributed by atoms with Crippen LogP contribution in [0.5, 0.6) is 0 Å². The number of amides is 1. The van der Waals surface area contributed by atoms with E-state index in [0.717, 1.165) is 0 Å². The van der Waals surface area contributed by atoms with Crippen molar-refractivity contribution in [1.82, 2.24) is 14.9 Å². The van der Waals surface area contributed by atoms with Crippen LogP contribution in [0.2, 0.25) is 5.02 Å². The highest BCUT2D eigenvalue weighted by molar-refractivity contribution is 7.85. The number of aromatic nitrogens is 2. The lowest BCUT2D eigenvalue weighted by molar-refractivity contribution is 0.0295. The van der Waals surface area contributed by atoms with Crippen molar-refractivity contribution in [2.75, 3.05) is 13.1 Å². The van der Waals surface area contributed by atoms with E-state index in [1.807, 2.05) is 20.8 Å². The summed E-state index contributed by atoms with van der Waals surface area (Å²) < 4.78 is 17.7. The van der Waals surface area contributed by atoms with Gasteiger partial charge < -0.3 is 9.64 Å². The van der Waals surface area contributed by atoms with Gasteiger partial charge in [-0.1, -0.05) is 11.6 Å². The maximum absolute atomic E-state index is 12.4. The summed E-state index contributed by atoms with van der Waals surface area (Å²) in [5, 5.41) is 0.465. The Kier molecular flexibility index (Phi) is 4.83. The van der Waals surface area contributed by atoms with Crippen LogP contribution in [0.1, 0.15) is 27.2 Å². The lowest BCUT2D eigenvalue weighted by Crippen LogP contribution is -2.36. The van der Waals surface area contributed by atoms with Crippen LogP contribution < -0.4 is 0 Å². The van der Waals surface area contributed by atoms with Crippen LogP contribution in [-0.2, 0) is 15.5 Å². The Morgan fingerprint density at radius 1 is 1.43 bits per heavy atom. The van der Waals surface area contributed by atoms with Gasteiger partial charge in [-0.3, -0.25) is 4.21 Å². The Morgan fingerprint density at radius 2 is 2.05 bits per heavy atom. The average molecular weight is 332 g/mol. The summed E-state index contributed by atoms with van der Waals surface area (Å²) in [6, 6.07) is 0. The maximum atomic E-state index is 12.4. The van der Waals surface area contributed by atoms with Crippen LogP contribution in [0.15, 0.2) is 17.6 Å². The van der Waals surface area contributed by atoms with Gasteiger partial charge in [-0.25, -0.2) is 14.8 Å². The van der Waals surface area contributed by atoms with E-state index in [9.17, 15) is 9.00 Å². The van der Waals surface area contributed by atoms with Gasteiger partial charge in [-0.15, -0.1) is 0 Å². The Hall–Kier alpha value is -1.21. The highest BCUT2D eigenvalue weighted by atomic mass is 35.5. The summed E-state index contributed by atoms with van der Waals surface area (Å²) >= 11 is 5.71. The lowest BCUT2D eigenvalue weighted by Gasteiger charge is -2.24. The second-order valence-corrected chi connectivity index (χ2v) is 7.88. The van der Waals surface area contributed by atoms with Crippen LogP contribution in [0.25, 0.3) is 0 Å². The Morgan fingerprint density at radius 3 is 2.62 bits per heavy atom. The number of hydrogen-bond acceptors (Lipinski definition) is 5. The van der Waals surface area contributed by atoms with Gasteiger partial charge in [0.2, 0.25) is 5.16 Å². The van der Waals surface area contributed by atoms with Gasteiger partial charge in [-0.05, 0) is 27.2 Å². The number of carbonyl (C=O) groups excluding carboxylic acids is 1. The summed E-state index contributed by atoms with van der Waals surface area (Å²) in [6.07, 6.45) is 3.10. The minimum Gasteiger partial charge on any atom is -0.444 e. The fourth-order valence-corrected chi connectivity index (χ4v) is 3.29. The van der Waals surface area contributed by atoms with Crippen LogP contribution in [0.3, 0.4) is 0 Å². The zero-order valence-corrected chi connectivity index (χ0v) is 13.8. The number of rotatable bonds is 2. The molecular weight excluding hydrogens is 314 g/mol. The fourth-order valence-electron chi connectivity index (χ4n) is 1.95. The van der Waals surface area contributed by atoms with Crippen molar-refractivity contribution in [3.63, 3.8) is 0 Å². The van der Waals surface area contributed by atoms with Crippen molar-refractivity contribution < 1.29 is 13.7 Å². The van der Waals surface area contributed by atoms with Gasteiger partial charge in [-0.2, -0.15) is 0 Å². The number of hydrogen-bond donors (Lipinski definition) is 0. The van der Waals surface area contributed by atoms with Gasteiger partial charge in [0, 0.05) is 13.1 Å². The first-order valence-corrected chi connectivity index (χ1v) is 8.21. The number of carbonyl (C=O) groups is 1. The third kappa shape index (κ3) is 4.38. The van der Waals surface area contributed by atoms with Crippen LogP contribution in [0.4, 0.5) is 4.79 Å². The average Bonchev–Trinajstić information content (AvgIpc) is 2.86. The molecule has 2 heterocycles. The SMILES string of the molecule is CC(C)(C)OC(=O)N1CC[C@@H](S(=O)c2ncc(Cl)cn2)C1. The molecule has 1 aliphatic heterocycles. The van der Waals surface area contributed by atoms with E-state index in [-0.39, 0.29) is 16.5 Å². The normalized spacial score (nSPS) is 20.4. The molecule has 0 saturated carbocycles. The molecule has 116 valence electrons. The molecular formula is C13H18ClN3O3S. The molecule has 0 aliphatic carbocycles. The topological polar surface area (TPSA) is 72.4 Å². The Labute approximate surface area is 131 Å². The largest absolute Gasteiger partial charge is 0.444 e. The molecule has 1 unspecified atom stereocenters.